The summed E-state index contributed by atoms with van der Waals surface area (Å²) in [5.41, 5.74) is 5.53. The third kappa shape index (κ3) is 4.94. The van der Waals surface area contributed by atoms with Gasteiger partial charge in [0.2, 0.25) is 5.91 Å². The zero-order valence-electron chi connectivity index (χ0n) is 12.0. The Kier molecular flexibility index (Phi) is 7.28. The first-order valence-electron chi connectivity index (χ1n) is 7.44. The molecule has 0 radical (unpaired) electrons. The molecule has 0 aromatic rings. The normalized spacial score (nSPS) is 19.1. The van der Waals surface area contributed by atoms with Crippen LogP contribution in [0.4, 0.5) is 0 Å². The SMILES string of the molecule is CCN(CC)CCNC(C(N)=O)C1CCCCC1. The molecule has 4 heteroatoms. The zero-order valence-corrected chi connectivity index (χ0v) is 12.0. The first-order chi connectivity index (χ1) is 8.69. The van der Waals surface area contributed by atoms with Crippen LogP contribution < -0.4 is 11.1 Å². The smallest absolute Gasteiger partial charge is 0.234 e. The van der Waals surface area contributed by atoms with Crippen molar-refractivity contribution in [2.45, 2.75) is 52.0 Å². The maximum absolute atomic E-state index is 11.6. The summed E-state index contributed by atoms with van der Waals surface area (Å²) in [4.78, 5) is 13.9. The van der Waals surface area contributed by atoms with Crippen molar-refractivity contribution in [3.05, 3.63) is 0 Å². The third-order valence-electron chi connectivity index (χ3n) is 4.11. The second-order valence-electron chi connectivity index (χ2n) is 5.26. The average molecular weight is 255 g/mol. The monoisotopic (exact) mass is 255 g/mol. The van der Waals surface area contributed by atoms with Crippen LogP contribution in [0.3, 0.4) is 0 Å². The molecule has 0 saturated heterocycles. The van der Waals surface area contributed by atoms with E-state index in [2.05, 4.69) is 24.1 Å². The molecule has 1 fully saturated rings. The average Bonchev–Trinajstić information content (AvgIpc) is 2.39. The molecule has 18 heavy (non-hydrogen) atoms. The Balaban J connectivity index is 2.35. The number of nitrogens with one attached hydrogen (secondary N) is 1. The van der Waals surface area contributed by atoms with E-state index >= 15 is 0 Å². The summed E-state index contributed by atoms with van der Waals surface area (Å²) < 4.78 is 0. The van der Waals surface area contributed by atoms with E-state index in [1.165, 1.54) is 19.3 Å². The van der Waals surface area contributed by atoms with Gasteiger partial charge >= 0.3 is 0 Å². The molecule has 106 valence electrons. The van der Waals surface area contributed by atoms with Crippen molar-refractivity contribution in [2.24, 2.45) is 11.7 Å². The molecule has 0 heterocycles. The minimum Gasteiger partial charge on any atom is -0.368 e. The number of nitrogens with zero attached hydrogens (tertiary/aromatic N) is 1. The Morgan fingerprint density at radius 2 is 1.89 bits per heavy atom. The van der Waals surface area contributed by atoms with E-state index in [0.29, 0.717) is 5.92 Å². The lowest BCUT2D eigenvalue weighted by Crippen LogP contribution is -2.49. The Hall–Kier alpha value is -0.610. The van der Waals surface area contributed by atoms with Gasteiger partial charge in [0.1, 0.15) is 0 Å². The molecular formula is C14H29N3O. The summed E-state index contributed by atoms with van der Waals surface area (Å²) in [6, 6.07) is -0.124. The number of hydrogen-bond donors (Lipinski definition) is 2. The molecule has 0 bridgehead atoms. The minimum absolute atomic E-state index is 0.124. The molecule has 1 amide bonds. The fourth-order valence-electron chi connectivity index (χ4n) is 2.89. The van der Waals surface area contributed by atoms with E-state index in [4.69, 9.17) is 5.73 Å². The molecule has 1 rings (SSSR count). The molecule has 1 aliphatic rings. The van der Waals surface area contributed by atoms with Gasteiger partial charge < -0.3 is 16.0 Å². The highest BCUT2D eigenvalue weighted by Gasteiger charge is 2.27. The highest BCUT2D eigenvalue weighted by atomic mass is 16.1. The number of rotatable bonds is 8. The first kappa shape index (κ1) is 15.4. The lowest BCUT2D eigenvalue weighted by molar-refractivity contribution is -0.121. The predicted molar refractivity (Wildman–Crippen MR) is 75.3 cm³/mol. The Morgan fingerprint density at radius 1 is 1.28 bits per heavy atom. The number of carbonyl (C=O) groups excluding carboxylic acids is 1. The van der Waals surface area contributed by atoms with Crippen LogP contribution in [0.1, 0.15) is 46.0 Å². The third-order valence-corrected chi connectivity index (χ3v) is 4.11. The fourth-order valence-corrected chi connectivity index (χ4v) is 2.89. The lowest BCUT2D eigenvalue weighted by atomic mass is 9.83. The molecule has 0 aliphatic heterocycles. The maximum Gasteiger partial charge on any atom is 0.234 e. The molecule has 0 aromatic heterocycles. The summed E-state index contributed by atoms with van der Waals surface area (Å²) in [6.45, 7) is 8.29. The van der Waals surface area contributed by atoms with Crippen LogP contribution in [0.2, 0.25) is 0 Å². The van der Waals surface area contributed by atoms with E-state index in [1.807, 2.05) is 0 Å². The van der Waals surface area contributed by atoms with E-state index in [9.17, 15) is 4.79 Å². The van der Waals surface area contributed by atoms with Gasteiger partial charge in [-0.1, -0.05) is 33.1 Å². The minimum atomic E-state index is -0.179. The quantitative estimate of drug-likeness (QED) is 0.688. The van der Waals surface area contributed by atoms with Crippen LogP contribution in [0.5, 0.6) is 0 Å². The fraction of sp³-hybridized carbons (Fsp3) is 0.929. The molecule has 1 unspecified atom stereocenters. The van der Waals surface area contributed by atoms with E-state index < -0.39 is 0 Å². The standard InChI is InChI=1S/C14H29N3O/c1-3-17(4-2)11-10-16-13(14(15)18)12-8-6-5-7-9-12/h12-13,16H,3-11H2,1-2H3,(H2,15,18). The van der Waals surface area contributed by atoms with Gasteiger partial charge in [-0.25, -0.2) is 0 Å². The molecule has 1 atom stereocenters. The maximum atomic E-state index is 11.6. The van der Waals surface area contributed by atoms with Crippen molar-refractivity contribution in [3.8, 4) is 0 Å². The van der Waals surface area contributed by atoms with Gasteiger partial charge in [0.25, 0.3) is 0 Å². The van der Waals surface area contributed by atoms with E-state index in [0.717, 1.165) is 39.0 Å². The van der Waals surface area contributed by atoms with Gasteiger partial charge in [0, 0.05) is 13.1 Å². The van der Waals surface area contributed by atoms with Crippen LogP contribution in [-0.4, -0.2) is 43.0 Å². The highest BCUT2D eigenvalue weighted by Crippen LogP contribution is 2.26. The van der Waals surface area contributed by atoms with Crippen LogP contribution in [0, 0.1) is 5.92 Å². The largest absolute Gasteiger partial charge is 0.368 e. The lowest BCUT2D eigenvalue weighted by Gasteiger charge is -2.29. The van der Waals surface area contributed by atoms with Crippen LogP contribution in [-0.2, 0) is 4.79 Å². The predicted octanol–water partition coefficient (Wildman–Crippen LogP) is 1.35. The summed E-state index contributed by atoms with van der Waals surface area (Å²) in [7, 11) is 0. The van der Waals surface area contributed by atoms with Crippen molar-refractivity contribution in [1.29, 1.82) is 0 Å². The second kappa shape index (κ2) is 8.48. The number of carbonyl (C=O) groups is 1. The Labute approximate surface area is 111 Å². The summed E-state index contributed by atoms with van der Waals surface area (Å²) in [6.07, 6.45) is 6.08. The Bertz CT molecular complexity index is 235. The number of amides is 1. The number of nitrogens with two attached hydrogens (primary N) is 1. The van der Waals surface area contributed by atoms with Gasteiger partial charge in [-0.15, -0.1) is 0 Å². The van der Waals surface area contributed by atoms with E-state index in [1.54, 1.807) is 0 Å². The van der Waals surface area contributed by atoms with Crippen molar-refractivity contribution < 1.29 is 4.79 Å². The molecular weight excluding hydrogens is 226 g/mol. The first-order valence-corrected chi connectivity index (χ1v) is 7.44. The van der Waals surface area contributed by atoms with Crippen LogP contribution >= 0.6 is 0 Å². The van der Waals surface area contributed by atoms with Gasteiger partial charge in [-0.05, 0) is 31.8 Å². The molecule has 1 saturated carbocycles. The number of primary amides is 1. The topological polar surface area (TPSA) is 58.4 Å². The van der Waals surface area contributed by atoms with Gasteiger partial charge in [-0.2, -0.15) is 0 Å². The number of likely N-dealkylation sites (N-methyl/N-ethyl adjacent to an activating group) is 1. The van der Waals surface area contributed by atoms with Crippen LogP contribution in [0.15, 0.2) is 0 Å². The molecule has 3 N–H and O–H groups in total. The second-order valence-corrected chi connectivity index (χ2v) is 5.26. The molecule has 0 aromatic carbocycles. The van der Waals surface area contributed by atoms with Gasteiger partial charge in [0.05, 0.1) is 6.04 Å². The molecule has 4 nitrogen and oxygen atoms in total. The number of hydrogen-bond acceptors (Lipinski definition) is 3. The summed E-state index contributed by atoms with van der Waals surface area (Å²) in [5, 5.41) is 3.37. The zero-order chi connectivity index (χ0) is 13.4. The Morgan fingerprint density at radius 3 is 2.39 bits per heavy atom. The summed E-state index contributed by atoms with van der Waals surface area (Å²) in [5.74, 6) is 0.273. The van der Waals surface area contributed by atoms with Gasteiger partial charge in [0.15, 0.2) is 0 Å². The van der Waals surface area contributed by atoms with Crippen LogP contribution in [0.25, 0.3) is 0 Å². The van der Waals surface area contributed by atoms with Crippen molar-refractivity contribution in [1.82, 2.24) is 10.2 Å². The van der Waals surface area contributed by atoms with E-state index in [-0.39, 0.29) is 11.9 Å². The summed E-state index contributed by atoms with van der Waals surface area (Å²) >= 11 is 0. The molecule has 1 aliphatic carbocycles. The van der Waals surface area contributed by atoms with Crippen molar-refractivity contribution in [3.63, 3.8) is 0 Å². The molecule has 0 spiro atoms. The van der Waals surface area contributed by atoms with Gasteiger partial charge in [-0.3, -0.25) is 4.79 Å². The van der Waals surface area contributed by atoms with Crippen molar-refractivity contribution in [2.75, 3.05) is 26.2 Å². The highest BCUT2D eigenvalue weighted by molar-refractivity contribution is 5.80. The van der Waals surface area contributed by atoms with Crippen molar-refractivity contribution >= 4 is 5.91 Å².